The molecule has 154 valence electrons. The summed E-state index contributed by atoms with van der Waals surface area (Å²) in [6.45, 7) is -1.44. The van der Waals surface area contributed by atoms with Crippen molar-refractivity contribution in [2.45, 2.75) is 23.0 Å². The molecule has 0 amide bonds. The summed E-state index contributed by atoms with van der Waals surface area (Å²) in [6.07, 6.45) is -10.2. The van der Waals surface area contributed by atoms with Gasteiger partial charge in [0.05, 0.1) is 11.4 Å². The molecule has 0 fully saturated rings. The van der Waals surface area contributed by atoms with Crippen LogP contribution in [0.2, 0.25) is 0 Å². The zero-order valence-electron chi connectivity index (χ0n) is 13.8. The molecule has 5 nitrogen and oxygen atoms in total. The first-order chi connectivity index (χ1) is 12.7. The van der Waals surface area contributed by atoms with E-state index in [2.05, 4.69) is 4.74 Å². The highest BCUT2D eigenvalue weighted by Gasteiger charge is 2.55. The zero-order valence-corrected chi connectivity index (χ0v) is 14.6. The molecule has 0 spiro atoms. The number of alkyl halides is 6. The number of sulfonamides is 1. The molecule has 0 aliphatic heterocycles. The van der Waals surface area contributed by atoms with Crippen molar-refractivity contribution in [3.63, 3.8) is 0 Å². The molecule has 2 rings (SSSR count). The van der Waals surface area contributed by atoms with Crippen molar-refractivity contribution in [1.29, 1.82) is 0 Å². The molecule has 28 heavy (non-hydrogen) atoms. The lowest BCUT2D eigenvalue weighted by atomic mass is 9.93. The van der Waals surface area contributed by atoms with E-state index in [9.17, 15) is 39.9 Å². The first kappa shape index (κ1) is 22.0. The fourth-order valence-corrected chi connectivity index (χ4v) is 3.24. The third-order valence-electron chi connectivity index (χ3n) is 3.61. The van der Waals surface area contributed by atoms with E-state index in [4.69, 9.17) is 0 Å². The van der Waals surface area contributed by atoms with E-state index in [-0.39, 0.29) is 0 Å². The predicted octanol–water partition coefficient (Wildman–Crippen LogP) is 3.31. The molecule has 2 N–H and O–H groups in total. The predicted molar refractivity (Wildman–Crippen MR) is 84.7 cm³/mol. The Bertz CT molecular complexity index is 897. The standard InChI is InChI=1S/C16H13F6NO4S/c17-15(18,19)14(24,11-4-2-1-3-5-11)10-23-28(25,26)13-8-6-12(7-9-13)27-16(20,21)22/h1-9,23-24H,10H2. The number of ether oxygens (including phenoxy) is 1. The van der Waals surface area contributed by atoms with E-state index in [0.717, 1.165) is 24.3 Å². The smallest absolute Gasteiger partial charge is 0.406 e. The van der Waals surface area contributed by atoms with Crippen molar-refractivity contribution in [2.24, 2.45) is 0 Å². The number of benzene rings is 2. The summed E-state index contributed by atoms with van der Waals surface area (Å²) in [5, 5.41) is 10.1. The number of nitrogens with one attached hydrogen (secondary N) is 1. The fourth-order valence-electron chi connectivity index (χ4n) is 2.18. The van der Waals surface area contributed by atoms with E-state index in [1.807, 2.05) is 0 Å². The van der Waals surface area contributed by atoms with Gasteiger partial charge in [0.25, 0.3) is 0 Å². The summed E-state index contributed by atoms with van der Waals surface area (Å²) in [5.74, 6) is -0.706. The van der Waals surface area contributed by atoms with Crippen molar-refractivity contribution < 1.29 is 44.6 Å². The Labute approximate surface area is 155 Å². The molecule has 12 heteroatoms. The third kappa shape index (κ3) is 5.14. The third-order valence-corrected chi connectivity index (χ3v) is 5.02. The van der Waals surface area contributed by atoms with Crippen LogP contribution < -0.4 is 9.46 Å². The van der Waals surface area contributed by atoms with Crippen molar-refractivity contribution in [2.75, 3.05) is 6.54 Å². The fraction of sp³-hybridized carbons (Fsp3) is 0.250. The molecule has 1 atom stereocenters. The molecule has 0 radical (unpaired) electrons. The minimum Gasteiger partial charge on any atom is -0.406 e. The molecule has 0 aliphatic rings. The van der Waals surface area contributed by atoms with E-state index in [1.54, 1.807) is 4.72 Å². The average molecular weight is 429 g/mol. The maximum absolute atomic E-state index is 13.4. The lowest BCUT2D eigenvalue weighted by Gasteiger charge is -2.31. The van der Waals surface area contributed by atoms with Crippen LogP contribution in [-0.4, -0.2) is 32.6 Å². The van der Waals surface area contributed by atoms with Gasteiger partial charge >= 0.3 is 12.5 Å². The van der Waals surface area contributed by atoms with Gasteiger partial charge in [0.2, 0.25) is 10.0 Å². The SMILES string of the molecule is O=S(=O)(NCC(O)(c1ccccc1)C(F)(F)F)c1ccc(OC(F)(F)F)cc1. The maximum Gasteiger partial charge on any atom is 0.573 e. The van der Waals surface area contributed by atoms with E-state index < -0.39 is 50.9 Å². The van der Waals surface area contributed by atoms with Gasteiger partial charge in [-0.05, 0) is 29.8 Å². The van der Waals surface area contributed by atoms with Gasteiger partial charge in [-0.3, -0.25) is 0 Å². The Morgan fingerprint density at radius 1 is 0.893 bits per heavy atom. The van der Waals surface area contributed by atoms with Crippen molar-refractivity contribution in [1.82, 2.24) is 4.72 Å². The van der Waals surface area contributed by atoms with E-state index in [1.165, 1.54) is 18.2 Å². The minimum atomic E-state index is -5.21. The van der Waals surface area contributed by atoms with Gasteiger partial charge < -0.3 is 9.84 Å². The van der Waals surface area contributed by atoms with E-state index >= 15 is 0 Å². The van der Waals surface area contributed by atoms with Gasteiger partial charge in [0.1, 0.15) is 5.75 Å². The summed E-state index contributed by atoms with van der Waals surface area (Å²) in [5.41, 5.74) is -4.10. The monoisotopic (exact) mass is 429 g/mol. The molecule has 1 unspecified atom stereocenters. The van der Waals surface area contributed by atoms with E-state index in [0.29, 0.717) is 12.1 Å². The van der Waals surface area contributed by atoms with Gasteiger partial charge in [0.15, 0.2) is 5.60 Å². The largest absolute Gasteiger partial charge is 0.573 e. The van der Waals surface area contributed by atoms with Crippen molar-refractivity contribution in [3.8, 4) is 5.75 Å². The Hall–Kier alpha value is -2.31. The van der Waals surface area contributed by atoms with Crippen LogP contribution in [0.1, 0.15) is 5.56 Å². The lowest BCUT2D eigenvalue weighted by Crippen LogP contribution is -2.51. The highest BCUT2D eigenvalue weighted by atomic mass is 32.2. The maximum atomic E-state index is 13.4. The topological polar surface area (TPSA) is 75.6 Å². The molecule has 0 aliphatic carbocycles. The molecule has 0 heterocycles. The summed E-state index contributed by atoms with van der Waals surface area (Å²) >= 11 is 0. The molecular weight excluding hydrogens is 416 g/mol. The highest BCUT2D eigenvalue weighted by molar-refractivity contribution is 7.89. The second-order valence-corrected chi connectivity index (χ2v) is 7.33. The van der Waals surface area contributed by atoms with Crippen LogP contribution in [0, 0.1) is 0 Å². The molecule has 2 aromatic rings. The average Bonchev–Trinajstić information content (AvgIpc) is 2.58. The van der Waals surface area contributed by atoms with Gasteiger partial charge in [-0.2, -0.15) is 13.2 Å². The molecule has 2 aromatic carbocycles. The zero-order chi connectivity index (χ0) is 21.2. The van der Waals surface area contributed by atoms with Crippen LogP contribution in [0.15, 0.2) is 59.5 Å². The number of aliphatic hydroxyl groups is 1. The number of hydrogen-bond donors (Lipinski definition) is 2. The normalized spacial score (nSPS) is 15.1. The van der Waals surface area contributed by atoms with Crippen molar-refractivity contribution >= 4 is 10.0 Å². The highest BCUT2D eigenvalue weighted by Crippen LogP contribution is 2.38. The molecule has 0 bridgehead atoms. The molecule has 0 aromatic heterocycles. The van der Waals surface area contributed by atoms with Crippen LogP contribution in [0.4, 0.5) is 26.3 Å². The van der Waals surface area contributed by atoms with Crippen LogP contribution in [0.5, 0.6) is 5.75 Å². The van der Waals surface area contributed by atoms with Crippen LogP contribution in [-0.2, 0) is 15.6 Å². The Morgan fingerprint density at radius 2 is 1.43 bits per heavy atom. The second-order valence-electron chi connectivity index (χ2n) is 5.57. The Balaban J connectivity index is 2.23. The number of halogens is 6. The first-order valence-corrected chi connectivity index (χ1v) is 8.93. The summed E-state index contributed by atoms with van der Waals surface area (Å²) in [4.78, 5) is -0.611. The number of rotatable bonds is 6. The summed E-state index contributed by atoms with van der Waals surface area (Å²) < 4.78 is 106. The lowest BCUT2D eigenvalue weighted by molar-refractivity contribution is -0.274. The van der Waals surface area contributed by atoms with Gasteiger partial charge in [0, 0.05) is 0 Å². The molecule has 0 saturated carbocycles. The van der Waals surface area contributed by atoms with Gasteiger partial charge in [-0.15, -0.1) is 13.2 Å². The van der Waals surface area contributed by atoms with Crippen molar-refractivity contribution in [3.05, 3.63) is 60.2 Å². The van der Waals surface area contributed by atoms with Gasteiger partial charge in [-0.1, -0.05) is 30.3 Å². The van der Waals surface area contributed by atoms with Crippen LogP contribution >= 0.6 is 0 Å². The summed E-state index contributed by atoms with van der Waals surface area (Å²) in [7, 11) is -4.57. The molecular formula is C16H13F6NO4S. The molecule has 0 saturated heterocycles. The minimum absolute atomic E-state index is 0.584. The Kier molecular flexibility index (Phi) is 5.97. The van der Waals surface area contributed by atoms with Crippen LogP contribution in [0.25, 0.3) is 0 Å². The van der Waals surface area contributed by atoms with Gasteiger partial charge in [-0.25, -0.2) is 13.1 Å². The quantitative estimate of drug-likeness (QED) is 0.691. The number of hydrogen-bond acceptors (Lipinski definition) is 4. The second kappa shape index (κ2) is 7.60. The first-order valence-electron chi connectivity index (χ1n) is 7.45. The van der Waals surface area contributed by atoms with Crippen LogP contribution in [0.3, 0.4) is 0 Å². The Morgan fingerprint density at radius 3 is 1.89 bits per heavy atom. The summed E-state index contributed by atoms with van der Waals surface area (Å²) in [6, 6.07) is 8.66.